The van der Waals surface area contributed by atoms with Gasteiger partial charge in [0.1, 0.15) is 11.8 Å². The second kappa shape index (κ2) is 8.13. The van der Waals surface area contributed by atoms with Crippen LogP contribution < -0.4 is 0 Å². The molecule has 30 heavy (non-hydrogen) atoms. The van der Waals surface area contributed by atoms with Crippen molar-refractivity contribution >= 4 is 11.6 Å². The normalized spacial score (nSPS) is 12.2. The fraction of sp³-hybridized carbons (Fsp3) is 0.200. The molecule has 2 N–H and O–H groups in total. The van der Waals surface area contributed by atoms with E-state index in [-0.39, 0.29) is 5.56 Å². The summed E-state index contributed by atoms with van der Waals surface area (Å²) >= 11 is 0. The first-order chi connectivity index (χ1) is 14.5. The zero-order valence-electron chi connectivity index (χ0n) is 17.0. The highest BCUT2D eigenvalue weighted by molar-refractivity contribution is 5.96. The van der Waals surface area contributed by atoms with Crippen LogP contribution in [0.2, 0.25) is 0 Å². The maximum absolute atomic E-state index is 11.5. The van der Waals surface area contributed by atoms with E-state index in [1.807, 2.05) is 60.0 Å². The third kappa shape index (κ3) is 3.72. The highest BCUT2D eigenvalue weighted by Crippen LogP contribution is 2.29. The van der Waals surface area contributed by atoms with Crippen molar-refractivity contribution in [3.63, 3.8) is 0 Å². The summed E-state index contributed by atoms with van der Waals surface area (Å²) in [7, 11) is 0. The average molecular weight is 400 g/mol. The van der Waals surface area contributed by atoms with E-state index in [4.69, 9.17) is 0 Å². The fourth-order valence-electron chi connectivity index (χ4n) is 3.83. The van der Waals surface area contributed by atoms with Gasteiger partial charge < -0.3 is 14.6 Å². The number of fused-ring (bicyclic) bond motifs is 1. The van der Waals surface area contributed by atoms with E-state index in [0.29, 0.717) is 5.56 Å². The molecule has 0 amide bonds. The minimum Gasteiger partial charge on any atom is -0.478 e. The first-order valence-electron chi connectivity index (χ1n) is 10.1. The molecular weight excluding hydrogens is 376 g/mol. The number of aliphatic hydroxyl groups excluding tert-OH is 1. The van der Waals surface area contributed by atoms with Crippen LogP contribution in [0.1, 0.15) is 52.3 Å². The number of aliphatic hydroxyl groups is 1. The highest BCUT2D eigenvalue weighted by atomic mass is 16.4. The first kappa shape index (κ1) is 19.9. The van der Waals surface area contributed by atoms with Crippen LogP contribution in [0.25, 0.3) is 16.8 Å². The summed E-state index contributed by atoms with van der Waals surface area (Å²) in [6.07, 6.45) is 3.09. The number of carboxylic acid groups (broad SMARTS) is 1. The number of nitrogens with zero attached hydrogens (tertiary/aromatic N) is 2. The number of benzene rings is 2. The number of hydrogen-bond acceptors (Lipinski definition) is 3. The summed E-state index contributed by atoms with van der Waals surface area (Å²) in [5.41, 5.74) is 6.10. The molecule has 0 aliphatic heterocycles. The van der Waals surface area contributed by atoms with Gasteiger partial charge in [0.15, 0.2) is 0 Å². The third-order valence-corrected chi connectivity index (χ3v) is 5.27. The summed E-state index contributed by atoms with van der Waals surface area (Å²) in [6, 6.07) is 18.3. The van der Waals surface area contributed by atoms with E-state index in [0.717, 1.165) is 46.6 Å². The molecule has 0 saturated carbocycles. The monoisotopic (exact) mass is 400 g/mol. The zero-order valence-corrected chi connectivity index (χ0v) is 17.0. The van der Waals surface area contributed by atoms with Gasteiger partial charge in [-0.3, -0.25) is 0 Å². The lowest BCUT2D eigenvalue weighted by molar-refractivity contribution is 0.0697. The van der Waals surface area contributed by atoms with Gasteiger partial charge in [0.25, 0.3) is 0 Å². The minimum absolute atomic E-state index is 0.257. The lowest BCUT2D eigenvalue weighted by Crippen LogP contribution is -2.06. The molecule has 0 radical (unpaired) electrons. The molecular formula is C25H24N2O3. The summed E-state index contributed by atoms with van der Waals surface area (Å²) < 4.78 is 1.95. The fourth-order valence-corrected chi connectivity index (χ4v) is 3.83. The van der Waals surface area contributed by atoms with Crippen LogP contribution in [-0.4, -0.2) is 25.6 Å². The number of rotatable bonds is 6. The smallest absolute Gasteiger partial charge is 0.336 e. The molecule has 5 nitrogen and oxygen atoms in total. The minimum atomic E-state index is -0.958. The predicted molar refractivity (Wildman–Crippen MR) is 117 cm³/mol. The van der Waals surface area contributed by atoms with Gasteiger partial charge in [-0.1, -0.05) is 55.8 Å². The van der Waals surface area contributed by atoms with Gasteiger partial charge in [0.2, 0.25) is 0 Å². The number of carboxylic acids is 1. The van der Waals surface area contributed by atoms with Gasteiger partial charge in [0.05, 0.1) is 17.0 Å². The predicted octanol–water partition coefficient (Wildman–Crippen LogP) is 5.04. The number of aromatic carboxylic acids is 1. The topological polar surface area (TPSA) is 74.8 Å². The molecule has 2 aromatic heterocycles. The largest absolute Gasteiger partial charge is 0.478 e. The van der Waals surface area contributed by atoms with Crippen molar-refractivity contribution in [2.24, 2.45) is 0 Å². The third-order valence-electron chi connectivity index (χ3n) is 5.27. The van der Waals surface area contributed by atoms with Gasteiger partial charge in [-0.15, -0.1) is 0 Å². The van der Waals surface area contributed by atoms with Gasteiger partial charge >= 0.3 is 5.97 Å². The lowest BCUT2D eigenvalue weighted by Gasteiger charge is -2.15. The molecule has 1 atom stereocenters. The molecule has 0 unspecified atom stereocenters. The molecule has 0 bridgehead atoms. The van der Waals surface area contributed by atoms with Crippen molar-refractivity contribution in [2.45, 2.75) is 32.8 Å². The number of imidazole rings is 1. The van der Waals surface area contributed by atoms with Crippen molar-refractivity contribution in [3.05, 3.63) is 94.9 Å². The molecule has 0 aliphatic rings. The van der Waals surface area contributed by atoms with E-state index in [2.05, 4.69) is 11.9 Å². The van der Waals surface area contributed by atoms with Crippen LogP contribution in [0.15, 0.2) is 66.9 Å². The quantitative estimate of drug-likeness (QED) is 0.475. The Hall–Kier alpha value is -3.44. The highest BCUT2D eigenvalue weighted by Gasteiger charge is 2.17. The van der Waals surface area contributed by atoms with Gasteiger partial charge in [-0.05, 0) is 53.8 Å². The van der Waals surface area contributed by atoms with Crippen LogP contribution in [-0.2, 0) is 6.42 Å². The van der Waals surface area contributed by atoms with Gasteiger partial charge in [0, 0.05) is 6.20 Å². The number of pyridine rings is 1. The molecule has 2 heterocycles. The molecule has 2 aromatic carbocycles. The van der Waals surface area contributed by atoms with Crippen molar-refractivity contribution in [1.29, 1.82) is 0 Å². The Labute approximate surface area is 175 Å². The van der Waals surface area contributed by atoms with Gasteiger partial charge in [-0.2, -0.15) is 0 Å². The summed E-state index contributed by atoms with van der Waals surface area (Å²) in [5.74, 6) is -0.958. The van der Waals surface area contributed by atoms with Crippen molar-refractivity contribution in [3.8, 4) is 11.1 Å². The lowest BCUT2D eigenvalue weighted by atomic mass is 9.97. The molecule has 0 fully saturated rings. The SMILES string of the molecule is CCCc1cn2c([C@H](O)c3ccc(-c4ccccc4C(=O)O)cc3)cc(C)cc2n1. The van der Waals surface area contributed by atoms with Crippen LogP contribution >= 0.6 is 0 Å². The molecule has 0 aliphatic carbocycles. The Bertz CT molecular complexity index is 1210. The number of hydrogen-bond donors (Lipinski definition) is 2. The first-order valence-corrected chi connectivity index (χ1v) is 10.1. The van der Waals surface area contributed by atoms with E-state index in [1.165, 1.54) is 0 Å². The Morgan fingerprint density at radius 3 is 2.53 bits per heavy atom. The summed E-state index contributed by atoms with van der Waals surface area (Å²) in [6.45, 7) is 4.12. The summed E-state index contributed by atoms with van der Waals surface area (Å²) in [4.78, 5) is 16.2. The van der Waals surface area contributed by atoms with Crippen molar-refractivity contribution in [2.75, 3.05) is 0 Å². The maximum atomic E-state index is 11.5. The van der Waals surface area contributed by atoms with Crippen LogP contribution in [0.4, 0.5) is 0 Å². The zero-order chi connectivity index (χ0) is 21.3. The van der Waals surface area contributed by atoms with E-state index in [1.54, 1.807) is 18.2 Å². The van der Waals surface area contributed by atoms with E-state index in [9.17, 15) is 15.0 Å². The Kier molecular flexibility index (Phi) is 5.38. The second-order valence-corrected chi connectivity index (χ2v) is 7.54. The van der Waals surface area contributed by atoms with Crippen LogP contribution in [0, 0.1) is 6.92 Å². The molecule has 0 saturated heterocycles. The van der Waals surface area contributed by atoms with Crippen LogP contribution in [0.3, 0.4) is 0 Å². The standard InChI is InChI=1S/C25H24N2O3/c1-3-6-19-15-27-22(13-16(2)14-23(27)26-19)24(28)18-11-9-17(10-12-18)20-7-4-5-8-21(20)25(29)30/h4-5,7-15,24,28H,3,6H2,1-2H3,(H,29,30)/t24-/m1/s1. The number of aryl methyl sites for hydroxylation is 2. The maximum Gasteiger partial charge on any atom is 0.336 e. The van der Waals surface area contributed by atoms with Crippen LogP contribution in [0.5, 0.6) is 0 Å². The average Bonchev–Trinajstić information content (AvgIpc) is 3.15. The molecule has 0 spiro atoms. The number of carbonyl (C=O) groups is 1. The Morgan fingerprint density at radius 2 is 1.83 bits per heavy atom. The molecule has 4 aromatic rings. The number of aromatic nitrogens is 2. The summed E-state index contributed by atoms with van der Waals surface area (Å²) in [5, 5.41) is 20.6. The second-order valence-electron chi connectivity index (χ2n) is 7.54. The van der Waals surface area contributed by atoms with Crippen molar-refractivity contribution in [1.82, 2.24) is 9.38 Å². The Morgan fingerprint density at radius 1 is 1.10 bits per heavy atom. The molecule has 4 rings (SSSR count). The van der Waals surface area contributed by atoms with Crippen molar-refractivity contribution < 1.29 is 15.0 Å². The van der Waals surface area contributed by atoms with E-state index >= 15 is 0 Å². The van der Waals surface area contributed by atoms with E-state index < -0.39 is 12.1 Å². The molecule has 5 heteroatoms. The Balaban J connectivity index is 1.71. The van der Waals surface area contributed by atoms with Gasteiger partial charge in [-0.25, -0.2) is 9.78 Å². The molecule has 152 valence electrons.